The van der Waals surface area contributed by atoms with Crippen LogP contribution in [0, 0.1) is 0 Å². The van der Waals surface area contributed by atoms with Crippen molar-refractivity contribution in [3.63, 3.8) is 0 Å². The summed E-state index contributed by atoms with van der Waals surface area (Å²) < 4.78 is 2.12. The van der Waals surface area contributed by atoms with Crippen LogP contribution in [0.1, 0.15) is 64.0 Å². The minimum Gasteiger partial charge on any atom is -0.328 e. The van der Waals surface area contributed by atoms with Crippen molar-refractivity contribution in [2.75, 3.05) is 25.0 Å². The normalized spacial score (nSPS) is 19.7. The molecule has 1 saturated heterocycles. The minimum atomic E-state index is -0.273. The first kappa shape index (κ1) is 25.5. The number of hydrogen-bond donors (Lipinski definition) is 2. The number of fused-ring (bicyclic) bond motifs is 1. The zero-order valence-corrected chi connectivity index (χ0v) is 22.1. The predicted octanol–water partition coefficient (Wildman–Crippen LogP) is 5.28. The molecule has 4 rings (SSSR count). The van der Waals surface area contributed by atoms with Crippen LogP contribution in [0.2, 0.25) is 10.0 Å². The number of aryl methyl sites for hydroxylation is 1. The Kier molecular flexibility index (Phi) is 8.24. The van der Waals surface area contributed by atoms with Crippen LogP contribution in [-0.4, -0.2) is 52.1 Å². The van der Waals surface area contributed by atoms with Crippen molar-refractivity contribution in [2.24, 2.45) is 0 Å². The Labute approximate surface area is 213 Å². The summed E-state index contributed by atoms with van der Waals surface area (Å²) in [7, 11) is 0. The molecule has 2 N–H and O–H groups in total. The van der Waals surface area contributed by atoms with E-state index in [4.69, 9.17) is 23.2 Å². The van der Waals surface area contributed by atoms with Gasteiger partial charge < -0.3 is 20.1 Å². The van der Waals surface area contributed by atoms with Crippen molar-refractivity contribution in [1.82, 2.24) is 19.8 Å². The van der Waals surface area contributed by atoms with E-state index < -0.39 is 0 Å². The molecule has 0 spiro atoms. The molecular formula is C26H37Cl2N5O. The van der Waals surface area contributed by atoms with E-state index in [0.29, 0.717) is 15.9 Å². The van der Waals surface area contributed by atoms with Gasteiger partial charge in [0.25, 0.3) is 0 Å². The average molecular weight is 507 g/mol. The third-order valence-electron chi connectivity index (χ3n) is 7.14. The number of imidazole rings is 1. The molecule has 1 aromatic carbocycles. The predicted molar refractivity (Wildman–Crippen MR) is 140 cm³/mol. The summed E-state index contributed by atoms with van der Waals surface area (Å²) in [4.78, 5) is 20.2. The quantitative estimate of drug-likeness (QED) is 0.486. The lowest BCUT2D eigenvalue weighted by molar-refractivity contribution is -0.118. The van der Waals surface area contributed by atoms with E-state index in [1.54, 1.807) is 0 Å². The first-order chi connectivity index (χ1) is 16.2. The van der Waals surface area contributed by atoms with E-state index in [2.05, 4.69) is 45.9 Å². The fourth-order valence-electron chi connectivity index (χ4n) is 5.29. The molecule has 1 aromatic heterocycles. The number of carbonyl (C=O) groups excluding carboxylic acids is 1. The molecular weight excluding hydrogens is 469 g/mol. The number of rotatable bonds is 9. The molecule has 186 valence electrons. The molecule has 6 nitrogen and oxygen atoms in total. The van der Waals surface area contributed by atoms with E-state index in [1.165, 1.54) is 18.4 Å². The summed E-state index contributed by atoms with van der Waals surface area (Å²) in [5, 5.41) is 8.05. The van der Waals surface area contributed by atoms with Gasteiger partial charge in [-0.15, -0.1) is 0 Å². The molecule has 8 heteroatoms. The van der Waals surface area contributed by atoms with Crippen molar-refractivity contribution in [3.8, 4) is 0 Å². The van der Waals surface area contributed by atoms with Crippen LogP contribution in [0.25, 0.3) is 0 Å². The van der Waals surface area contributed by atoms with Gasteiger partial charge in [0, 0.05) is 28.8 Å². The highest BCUT2D eigenvalue weighted by atomic mass is 35.5. The molecule has 1 fully saturated rings. The lowest BCUT2D eigenvalue weighted by Crippen LogP contribution is -2.47. The zero-order valence-electron chi connectivity index (χ0n) is 20.5. The number of anilines is 1. The van der Waals surface area contributed by atoms with Crippen molar-refractivity contribution < 1.29 is 4.79 Å². The number of benzene rings is 1. The average Bonchev–Trinajstić information content (AvgIpc) is 3.46. The maximum Gasteiger partial charge on any atom is 0.242 e. The summed E-state index contributed by atoms with van der Waals surface area (Å²) in [6.45, 7) is 9.85. The molecule has 2 atom stereocenters. The van der Waals surface area contributed by atoms with E-state index in [-0.39, 0.29) is 23.5 Å². The van der Waals surface area contributed by atoms with Crippen LogP contribution in [0.15, 0.2) is 24.7 Å². The van der Waals surface area contributed by atoms with Crippen LogP contribution in [-0.2, 0) is 23.2 Å². The van der Waals surface area contributed by atoms with Crippen LogP contribution in [0.4, 0.5) is 5.82 Å². The molecule has 1 amide bonds. The van der Waals surface area contributed by atoms with E-state index in [0.717, 1.165) is 57.3 Å². The maximum absolute atomic E-state index is 13.2. The van der Waals surface area contributed by atoms with Gasteiger partial charge in [-0.3, -0.25) is 4.79 Å². The van der Waals surface area contributed by atoms with E-state index >= 15 is 0 Å². The van der Waals surface area contributed by atoms with Gasteiger partial charge >= 0.3 is 0 Å². The van der Waals surface area contributed by atoms with Crippen molar-refractivity contribution in [3.05, 3.63) is 45.8 Å². The summed E-state index contributed by atoms with van der Waals surface area (Å²) >= 11 is 12.6. The molecule has 34 heavy (non-hydrogen) atoms. The van der Waals surface area contributed by atoms with E-state index in [9.17, 15) is 4.79 Å². The molecule has 0 radical (unpaired) electrons. The highest BCUT2D eigenvalue weighted by molar-refractivity contribution is 6.35. The number of nitrogens with one attached hydrogen (secondary N) is 2. The number of nitrogens with zero attached hydrogens (tertiary/aromatic N) is 3. The lowest BCUT2D eigenvalue weighted by Gasteiger charge is -2.31. The Hall–Kier alpha value is -1.60. The van der Waals surface area contributed by atoms with Gasteiger partial charge in [0.05, 0.1) is 17.9 Å². The molecule has 1 aliphatic heterocycles. The topological polar surface area (TPSA) is 62.2 Å². The SMILES string of the molecule is CCCC(NC1CCc2cc(Cl)cc(Cl)c2C1)C(=O)Nc1cn(C(C)(C)CN2CCCC2)cn1. The summed E-state index contributed by atoms with van der Waals surface area (Å²) in [6.07, 6.45) is 10.7. The first-order valence-corrected chi connectivity index (χ1v) is 13.3. The Balaban J connectivity index is 1.38. The second-order valence-electron chi connectivity index (χ2n) is 10.4. The molecule has 2 unspecified atom stereocenters. The van der Waals surface area contributed by atoms with Crippen molar-refractivity contribution in [2.45, 2.75) is 83.3 Å². The van der Waals surface area contributed by atoms with Gasteiger partial charge in [-0.25, -0.2) is 4.98 Å². The molecule has 2 aliphatic rings. The first-order valence-electron chi connectivity index (χ1n) is 12.6. The Bertz CT molecular complexity index is 999. The lowest BCUT2D eigenvalue weighted by atomic mass is 9.87. The molecule has 2 heterocycles. The van der Waals surface area contributed by atoms with E-state index in [1.807, 2.05) is 24.7 Å². The maximum atomic E-state index is 13.2. The number of amides is 1. The van der Waals surface area contributed by atoms with Gasteiger partial charge in [0.2, 0.25) is 5.91 Å². The minimum absolute atomic E-state index is 0.0301. The van der Waals surface area contributed by atoms with Crippen LogP contribution in [0.5, 0.6) is 0 Å². The highest BCUT2D eigenvalue weighted by Gasteiger charge is 2.28. The summed E-state index contributed by atoms with van der Waals surface area (Å²) in [5.74, 6) is 0.575. The number of aromatic nitrogens is 2. The highest BCUT2D eigenvalue weighted by Crippen LogP contribution is 2.31. The van der Waals surface area contributed by atoms with Crippen molar-refractivity contribution >= 4 is 34.9 Å². The van der Waals surface area contributed by atoms with Gasteiger partial charge in [0.15, 0.2) is 5.82 Å². The smallest absolute Gasteiger partial charge is 0.242 e. The number of carbonyl (C=O) groups is 1. The van der Waals surface area contributed by atoms with Crippen LogP contribution >= 0.6 is 23.2 Å². The fourth-order valence-corrected chi connectivity index (χ4v) is 5.91. The largest absolute Gasteiger partial charge is 0.328 e. The number of halogens is 2. The van der Waals surface area contributed by atoms with Gasteiger partial charge in [-0.1, -0.05) is 36.5 Å². The van der Waals surface area contributed by atoms with Gasteiger partial charge in [-0.05, 0) is 88.7 Å². The second-order valence-corrected chi connectivity index (χ2v) is 11.3. The standard InChI is InChI=1S/C26H37Cl2N5O/c1-4-7-23(30-20-9-8-18-12-19(27)13-22(28)21(18)14-20)25(34)31-24-15-33(17-29-24)26(2,3)16-32-10-5-6-11-32/h12-13,15,17,20,23,30H,4-11,14,16H2,1-3H3,(H,31,34). The third kappa shape index (κ3) is 6.14. The van der Waals surface area contributed by atoms with Crippen LogP contribution < -0.4 is 10.6 Å². The second kappa shape index (κ2) is 11.0. The molecule has 1 aliphatic carbocycles. The molecule has 2 aromatic rings. The Morgan fingerprint density at radius 2 is 2.03 bits per heavy atom. The molecule has 0 bridgehead atoms. The third-order valence-corrected chi connectivity index (χ3v) is 7.69. The van der Waals surface area contributed by atoms with Crippen LogP contribution in [0.3, 0.4) is 0 Å². The fraction of sp³-hybridized carbons (Fsp3) is 0.615. The Morgan fingerprint density at radius 1 is 1.26 bits per heavy atom. The Morgan fingerprint density at radius 3 is 2.76 bits per heavy atom. The van der Waals surface area contributed by atoms with Gasteiger partial charge in [0.1, 0.15) is 0 Å². The zero-order chi connectivity index (χ0) is 24.3. The summed E-state index contributed by atoms with van der Waals surface area (Å²) in [6, 6.07) is 3.74. The van der Waals surface area contributed by atoms with Gasteiger partial charge in [-0.2, -0.15) is 0 Å². The number of hydrogen-bond acceptors (Lipinski definition) is 4. The number of likely N-dealkylation sites (tertiary alicyclic amines) is 1. The molecule has 0 saturated carbocycles. The van der Waals surface area contributed by atoms with Crippen molar-refractivity contribution in [1.29, 1.82) is 0 Å². The summed E-state index contributed by atoms with van der Waals surface area (Å²) in [5.41, 5.74) is 2.28. The monoisotopic (exact) mass is 505 g/mol.